The molecule has 9 heteroatoms. The molecule has 5 nitrogen and oxygen atoms in total. The van der Waals surface area contributed by atoms with Crippen LogP contribution in [0.3, 0.4) is 0 Å². The normalized spacial score (nSPS) is 18.8. The summed E-state index contributed by atoms with van der Waals surface area (Å²) in [6.45, 7) is 1.84. The molecule has 2 amide bonds. The van der Waals surface area contributed by atoms with E-state index in [1.807, 2.05) is 0 Å². The number of nitrogens with one attached hydrogen (secondary N) is 1. The van der Waals surface area contributed by atoms with E-state index in [2.05, 4.69) is 5.32 Å². The van der Waals surface area contributed by atoms with Crippen LogP contribution in [0, 0.1) is 11.6 Å². The van der Waals surface area contributed by atoms with Crippen molar-refractivity contribution in [3.05, 3.63) is 64.7 Å². The first-order valence-corrected chi connectivity index (χ1v) is 9.92. The van der Waals surface area contributed by atoms with Crippen LogP contribution < -0.4 is 5.32 Å². The van der Waals surface area contributed by atoms with Crippen LogP contribution in [0.1, 0.15) is 17.9 Å². The predicted octanol–water partition coefficient (Wildman–Crippen LogP) is 4.83. The molecule has 3 rings (SSSR count). The van der Waals surface area contributed by atoms with Gasteiger partial charge in [0.1, 0.15) is 23.1 Å². The van der Waals surface area contributed by atoms with Gasteiger partial charge in [0.25, 0.3) is 0 Å². The van der Waals surface area contributed by atoms with Crippen LogP contribution in [0.4, 0.5) is 19.3 Å². The maximum atomic E-state index is 14.0. The molecule has 2 unspecified atom stereocenters. The number of rotatable bonds is 4. The Labute approximate surface area is 170 Å². The summed E-state index contributed by atoms with van der Waals surface area (Å²) in [7, 11) is 0. The number of carbonyl (C=O) groups excluding carboxylic acids is 2. The number of thioether (sulfide) groups is 1. The van der Waals surface area contributed by atoms with Gasteiger partial charge in [-0.25, -0.2) is 18.4 Å². The Morgan fingerprint density at radius 3 is 2.71 bits per heavy atom. The maximum Gasteiger partial charge on any atom is 0.329 e. The third kappa shape index (κ3) is 4.23. The molecule has 1 aliphatic heterocycles. The van der Waals surface area contributed by atoms with Crippen LogP contribution in [0.2, 0.25) is 5.02 Å². The minimum Gasteiger partial charge on any atom is -0.464 e. The van der Waals surface area contributed by atoms with E-state index in [-0.39, 0.29) is 12.3 Å². The summed E-state index contributed by atoms with van der Waals surface area (Å²) in [6, 6.07) is 8.22. The smallest absolute Gasteiger partial charge is 0.329 e. The largest absolute Gasteiger partial charge is 0.464 e. The molecular weight excluding hydrogens is 410 g/mol. The lowest BCUT2D eigenvalue weighted by molar-refractivity contribution is -0.147. The first-order chi connectivity index (χ1) is 13.4. The first-order valence-electron chi connectivity index (χ1n) is 8.49. The van der Waals surface area contributed by atoms with Crippen molar-refractivity contribution >= 4 is 41.1 Å². The zero-order chi connectivity index (χ0) is 20.3. The predicted molar refractivity (Wildman–Crippen MR) is 104 cm³/mol. The minimum atomic E-state index is -0.915. The number of hydrogen-bond donors (Lipinski definition) is 1. The van der Waals surface area contributed by atoms with Crippen molar-refractivity contribution in [3.63, 3.8) is 0 Å². The van der Waals surface area contributed by atoms with E-state index >= 15 is 0 Å². The highest BCUT2D eigenvalue weighted by Gasteiger charge is 2.44. The Morgan fingerprint density at radius 2 is 2.04 bits per heavy atom. The number of benzene rings is 2. The summed E-state index contributed by atoms with van der Waals surface area (Å²) in [6.07, 6.45) is 0. The number of ether oxygens (including phenoxy) is 1. The molecule has 1 heterocycles. The third-order valence-electron chi connectivity index (χ3n) is 4.14. The van der Waals surface area contributed by atoms with Gasteiger partial charge in [0.05, 0.1) is 12.3 Å². The third-order valence-corrected chi connectivity index (χ3v) is 5.79. The summed E-state index contributed by atoms with van der Waals surface area (Å²) in [5.74, 6) is -1.93. The molecule has 0 radical (unpaired) electrons. The van der Waals surface area contributed by atoms with Crippen LogP contribution in [-0.4, -0.2) is 35.3 Å². The average Bonchev–Trinajstić information content (AvgIpc) is 3.09. The Morgan fingerprint density at radius 1 is 1.29 bits per heavy atom. The Balaban J connectivity index is 1.92. The minimum absolute atomic E-state index is 0.165. The van der Waals surface area contributed by atoms with Gasteiger partial charge in [-0.05, 0) is 25.1 Å². The van der Waals surface area contributed by atoms with E-state index in [1.54, 1.807) is 31.2 Å². The van der Waals surface area contributed by atoms with Crippen molar-refractivity contribution in [2.45, 2.75) is 18.3 Å². The van der Waals surface area contributed by atoms with Gasteiger partial charge in [0.15, 0.2) is 0 Å². The number of esters is 1. The van der Waals surface area contributed by atoms with Crippen LogP contribution in [0.25, 0.3) is 0 Å². The van der Waals surface area contributed by atoms with Gasteiger partial charge in [0.2, 0.25) is 0 Å². The van der Waals surface area contributed by atoms with E-state index < -0.39 is 35.1 Å². The van der Waals surface area contributed by atoms with Gasteiger partial charge in [-0.1, -0.05) is 29.8 Å². The fraction of sp³-hybridized carbons (Fsp3) is 0.263. The van der Waals surface area contributed by atoms with Crippen LogP contribution in [0.15, 0.2) is 42.5 Å². The van der Waals surface area contributed by atoms with Crippen molar-refractivity contribution < 1.29 is 23.1 Å². The van der Waals surface area contributed by atoms with Crippen molar-refractivity contribution in [1.29, 1.82) is 0 Å². The summed E-state index contributed by atoms with van der Waals surface area (Å²) in [5, 5.41) is 2.28. The molecule has 2 aromatic rings. The zero-order valence-electron chi connectivity index (χ0n) is 14.8. The molecule has 0 bridgehead atoms. The number of anilines is 1. The maximum absolute atomic E-state index is 14.0. The SMILES string of the molecule is CCOC(=O)C1CSC(c2ccccc2Cl)N1C(=O)Nc1ccc(F)cc1F. The molecule has 1 aliphatic rings. The summed E-state index contributed by atoms with van der Waals surface area (Å²) < 4.78 is 32.2. The van der Waals surface area contributed by atoms with Crippen LogP contribution in [-0.2, 0) is 9.53 Å². The second-order valence-electron chi connectivity index (χ2n) is 5.94. The number of hydrogen-bond acceptors (Lipinski definition) is 4. The number of urea groups is 1. The van der Waals surface area contributed by atoms with Gasteiger partial charge in [-0.15, -0.1) is 11.8 Å². The fourth-order valence-electron chi connectivity index (χ4n) is 2.86. The highest BCUT2D eigenvalue weighted by atomic mass is 35.5. The molecule has 1 saturated heterocycles. The van der Waals surface area contributed by atoms with E-state index in [0.717, 1.165) is 12.1 Å². The fourth-order valence-corrected chi connectivity index (χ4v) is 4.61. The lowest BCUT2D eigenvalue weighted by Crippen LogP contribution is -2.46. The van der Waals surface area contributed by atoms with Gasteiger partial charge < -0.3 is 10.1 Å². The van der Waals surface area contributed by atoms with E-state index in [9.17, 15) is 18.4 Å². The first kappa shape index (κ1) is 20.4. The summed E-state index contributed by atoms with van der Waals surface area (Å²) >= 11 is 7.63. The van der Waals surface area contributed by atoms with Gasteiger partial charge in [0, 0.05) is 22.4 Å². The standard InChI is InChI=1S/C19H17ClF2N2O3S/c1-2-27-18(25)16-10-28-17(12-5-3-4-6-13(12)20)24(16)19(26)23-15-8-7-11(21)9-14(15)22/h3-9,16-17H,2,10H2,1H3,(H,23,26). The molecule has 0 aliphatic carbocycles. The van der Waals surface area contributed by atoms with Crippen molar-refractivity contribution in [3.8, 4) is 0 Å². The average molecular weight is 427 g/mol. The van der Waals surface area contributed by atoms with E-state index in [1.165, 1.54) is 16.7 Å². The molecule has 1 fully saturated rings. The molecule has 2 atom stereocenters. The van der Waals surface area contributed by atoms with Crippen LogP contribution >= 0.6 is 23.4 Å². The molecular formula is C19H17ClF2N2O3S. The number of halogens is 3. The molecule has 148 valence electrons. The molecule has 28 heavy (non-hydrogen) atoms. The molecule has 1 N–H and O–H groups in total. The Bertz CT molecular complexity index is 899. The Hall–Kier alpha value is -2.32. The lowest BCUT2D eigenvalue weighted by Gasteiger charge is -2.29. The van der Waals surface area contributed by atoms with Gasteiger partial charge >= 0.3 is 12.0 Å². The highest BCUT2D eigenvalue weighted by molar-refractivity contribution is 7.99. The second-order valence-corrected chi connectivity index (χ2v) is 7.46. The highest BCUT2D eigenvalue weighted by Crippen LogP contribution is 2.44. The second kappa shape index (κ2) is 8.79. The number of nitrogens with zero attached hydrogens (tertiary/aromatic N) is 1. The molecule has 0 saturated carbocycles. The van der Waals surface area contributed by atoms with Crippen molar-refractivity contribution in [1.82, 2.24) is 4.90 Å². The van der Waals surface area contributed by atoms with E-state index in [0.29, 0.717) is 22.4 Å². The Kier molecular flexibility index (Phi) is 6.41. The number of amides is 2. The molecule has 2 aromatic carbocycles. The molecule has 0 spiro atoms. The lowest BCUT2D eigenvalue weighted by atomic mass is 10.2. The van der Waals surface area contributed by atoms with E-state index in [4.69, 9.17) is 16.3 Å². The quantitative estimate of drug-likeness (QED) is 0.711. The van der Waals surface area contributed by atoms with Gasteiger partial charge in [-0.3, -0.25) is 4.90 Å². The number of carbonyl (C=O) groups is 2. The monoisotopic (exact) mass is 426 g/mol. The topological polar surface area (TPSA) is 58.6 Å². The summed E-state index contributed by atoms with van der Waals surface area (Å²) in [4.78, 5) is 26.6. The molecule has 0 aromatic heterocycles. The summed E-state index contributed by atoms with van der Waals surface area (Å²) in [5.41, 5.74) is 0.458. The van der Waals surface area contributed by atoms with Crippen LogP contribution in [0.5, 0.6) is 0 Å². The van der Waals surface area contributed by atoms with Crippen molar-refractivity contribution in [2.75, 3.05) is 17.7 Å². The van der Waals surface area contributed by atoms with Gasteiger partial charge in [-0.2, -0.15) is 0 Å². The zero-order valence-corrected chi connectivity index (χ0v) is 16.4. The van der Waals surface area contributed by atoms with Crippen molar-refractivity contribution in [2.24, 2.45) is 0 Å².